The van der Waals surface area contributed by atoms with Gasteiger partial charge >= 0.3 is 6.18 Å². The molecule has 1 unspecified atom stereocenters. The van der Waals surface area contributed by atoms with E-state index >= 15 is 0 Å². The number of halogens is 5. The highest BCUT2D eigenvalue weighted by molar-refractivity contribution is 6.05. The van der Waals surface area contributed by atoms with Crippen LogP contribution < -0.4 is 9.64 Å². The van der Waals surface area contributed by atoms with Crippen LogP contribution in [-0.2, 0) is 10.9 Å². The topological polar surface area (TPSA) is 110 Å². The molecular weight excluding hydrogens is 601 g/mol. The number of benzene rings is 2. The van der Waals surface area contributed by atoms with E-state index in [1.165, 1.54) is 6.07 Å². The van der Waals surface area contributed by atoms with E-state index in [0.29, 0.717) is 60.2 Å². The molecule has 0 aliphatic carbocycles. The molecule has 9 nitrogen and oxygen atoms in total. The van der Waals surface area contributed by atoms with Crippen LogP contribution in [0.2, 0.25) is 0 Å². The maximum atomic E-state index is 13.8. The Hall–Kier alpha value is -4.04. The summed E-state index contributed by atoms with van der Waals surface area (Å²) in [5, 5.41) is 0.613. The van der Waals surface area contributed by atoms with Crippen LogP contribution in [0.4, 0.5) is 27.8 Å². The van der Waals surface area contributed by atoms with E-state index in [-0.39, 0.29) is 41.3 Å². The summed E-state index contributed by atoms with van der Waals surface area (Å²) in [5.74, 6) is -0.265. The second-order valence-corrected chi connectivity index (χ2v) is 10.8. The third-order valence-corrected chi connectivity index (χ3v) is 8.04. The van der Waals surface area contributed by atoms with Crippen molar-refractivity contribution >= 4 is 38.9 Å². The molecule has 3 atom stereocenters. The first kappa shape index (κ1) is 32.4. The summed E-state index contributed by atoms with van der Waals surface area (Å²) in [4.78, 5) is 14.6. The van der Waals surface area contributed by atoms with Crippen LogP contribution in [0.15, 0.2) is 46.9 Å². The average molecular weight is 636 g/mol. The molecule has 2 N–H and O–H groups in total. The molecule has 0 saturated carbocycles. The maximum Gasteiger partial charge on any atom is 0.416 e. The van der Waals surface area contributed by atoms with E-state index in [4.69, 9.17) is 13.9 Å². The molecule has 0 bridgehead atoms. The van der Waals surface area contributed by atoms with E-state index in [9.17, 15) is 22.0 Å². The van der Waals surface area contributed by atoms with Crippen LogP contribution in [0.3, 0.4) is 0 Å². The first-order valence-corrected chi connectivity index (χ1v) is 14.7. The largest absolute Gasteiger partial charge is 0.459 e. The second-order valence-electron chi connectivity index (χ2n) is 10.8. The van der Waals surface area contributed by atoms with Gasteiger partial charge in [-0.3, -0.25) is 4.57 Å². The Morgan fingerprint density at radius 2 is 1.80 bits per heavy atom. The van der Waals surface area contributed by atoms with Gasteiger partial charge in [-0.25, -0.2) is 18.7 Å². The van der Waals surface area contributed by atoms with Crippen molar-refractivity contribution < 1.29 is 41.3 Å². The number of aromatic nitrogens is 4. The van der Waals surface area contributed by atoms with Crippen LogP contribution in [0, 0.1) is 5.92 Å². The number of imidazole rings is 1. The third kappa shape index (κ3) is 6.00. The molecular formula is C31H34F5N5O4. The van der Waals surface area contributed by atoms with E-state index in [1.807, 2.05) is 30.2 Å². The van der Waals surface area contributed by atoms with Gasteiger partial charge in [-0.2, -0.15) is 18.2 Å². The van der Waals surface area contributed by atoms with Gasteiger partial charge in [-0.05, 0) is 36.8 Å². The van der Waals surface area contributed by atoms with Gasteiger partial charge in [0.05, 0.1) is 29.7 Å². The molecule has 45 heavy (non-hydrogen) atoms. The summed E-state index contributed by atoms with van der Waals surface area (Å²) < 4.78 is 87.9. The van der Waals surface area contributed by atoms with Crippen molar-refractivity contribution in [2.45, 2.75) is 58.4 Å². The van der Waals surface area contributed by atoms with Crippen molar-refractivity contribution in [2.75, 3.05) is 31.2 Å². The van der Waals surface area contributed by atoms with Gasteiger partial charge in [-0.1, -0.05) is 32.9 Å². The van der Waals surface area contributed by atoms with E-state index < -0.39 is 30.1 Å². The van der Waals surface area contributed by atoms with Crippen molar-refractivity contribution in [3.05, 3.63) is 53.9 Å². The molecule has 5 heterocycles. The Morgan fingerprint density at radius 3 is 2.53 bits per heavy atom. The summed E-state index contributed by atoms with van der Waals surface area (Å²) in [6, 6.07) is 10.7. The minimum atomic E-state index is -4.51. The molecule has 2 aromatic carbocycles. The second kappa shape index (κ2) is 12.8. The van der Waals surface area contributed by atoms with Gasteiger partial charge in [0.1, 0.15) is 17.2 Å². The highest BCUT2D eigenvalue weighted by Crippen LogP contribution is 2.39. The average Bonchev–Trinajstić information content (AvgIpc) is 3.72. The highest BCUT2D eigenvalue weighted by atomic mass is 19.4. The fraction of sp³-hybridized carbons (Fsp3) is 0.452. The van der Waals surface area contributed by atoms with Gasteiger partial charge in [0, 0.05) is 36.9 Å². The van der Waals surface area contributed by atoms with Gasteiger partial charge in [0.25, 0.3) is 12.4 Å². The van der Waals surface area contributed by atoms with Gasteiger partial charge in [-0.15, -0.1) is 0 Å². The molecule has 7 rings (SSSR count). The third-order valence-electron chi connectivity index (χ3n) is 8.04. The number of hydrogen-bond acceptors (Lipinski definition) is 7. The van der Waals surface area contributed by atoms with Crippen LogP contribution in [0.25, 0.3) is 33.1 Å². The Bertz CT molecular complexity index is 1790. The van der Waals surface area contributed by atoms with Crippen molar-refractivity contribution in [1.82, 2.24) is 19.5 Å². The molecule has 2 saturated heterocycles. The number of nitrogens with zero attached hydrogens (tertiary/aromatic N) is 5. The first-order valence-electron chi connectivity index (χ1n) is 14.7. The molecule has 0 radical (unpaired) electrons. The van der Waals surface area contributed by atoms with Crippen LogP contribution >= 0.6 is 0 Å². The molecule has 2 aliphatic heterocycles. The lowest BCUT2D eigenvalue weighted by Crippen LogP contribution is -2.30. The minimum Gasteiger partial charge on any atom is -0.459 e. The number of para-hydroxylation sites is 1. The lowest BCUT2D eigenvalue weighted by Gasteiger charge is -2.31. The number of rotatable bonds is 5. The SMILES string of the molecule is CC.CC1COCC[C@H]1n1c(O[C@H]2CCN(c3nc(C(F)F)nc4c3oc3ccccc34)C2)nc2cc(C(F)(F)F)ccc21.O. The fourth-order valence-electron chi connectivity index (χ4n) is 5.98. The normalized spacial score (nSPS) is 20.5. The van der Waals surface area contributed by atoms with Crippen LogP contribution in [0.1, 0.15) is 57.5 Å². The van der Waals surface area contributed by atoms with Crippen LogP contribution in [-0.4, -0.2) is 57.4 Å². The summed E-state index contributed by atoms with van der Waals surface area (Å²) in [7, 11) is 0. The van der Waals surface area contributed by atoms with Crippen molar-refractivity contribution in [3.8, 4) is 6.01 Å². The minimum absolute atomic E-state index is 0. The quantitative estimate of drug-likeness (QED) is 0.189. The number of fused-ring (bicyclic) bond motifs is 4. The molecule has 2 fully saturated rings. The Kier molecular flexibility index (Phi) is 9.17. The van der Waals surface area contributed by atoms with Gasteiger partial charge in [0.2, 0.25) is 0 Å². The molecule has 3 aromatic heterocycles. The number of ether oxygens (including phenoxy) is 2. The molecule has 242 valence electrons. The monoisotopic (exact) mass is 635 g/mol. The molecule has 0 amide bonds. The summed E-state index contributed by atoms with van der Waals surface area (Å²) in [6.45, 7) is 7.76. The van der Waals surface area contributed by atoms with E-state index in [2.05, 4.69) is 15.0 Å². The zero-order chi connectivity index (χ0) is 31.2. The Balaban J connectivity index is 0.00000131. The lowest BCUT2D eigenvalue weighted by molar-refractivity contribution is -0.137. The predicted molar refractivity (Wildman–Crippen MR) is 159 cm³/mol. The number of hydrogen-bond donors (Lipinski definition) is 0. The van der Waals surface area contributed by atoms with E-state index in [0.717, 1.165) is 12.1 Å². The molecule has 14 heteroatoms. The molecule has 5 aromatic rings. The van der Waals surface area contributed by atoms with Crippen molar-refractivity contribution in [1.29, 1.82) is 0 Å². The highest BCUT2D eigenvalue weighted by Gasteiger charge is 2.35. The van der Waals surface area contributed by atoms with Gasteiger partial charge in [0.15, 0.2) is 17.2 Å². The number of furan rings is 1. The number of alkyl halides is 5. The zero-order valence-electron chi connectivity index (χ0n) is 24.9. The maximum absolute atomic E-state index is 13.8. The predicted octanol–water partition coefficient (Wildman–Crippen LogP) is 7.14. The first-order chi connectivity index (χ1) is 21.2. The Labute approximate surface area is 255 Å². The lowest BCUT2D eigenvalue weighted by atomic mass is 9.97. The Morgan fingerprint density at radius 1 is 1.02 bits per heavy atom. The summed E-state index contributed by atoms with van der Waals surface area (Å²) in [6.07, 6.45) is -6.65. The summed E-state index contributed by atoms with van der Waals surface area (Å²) in [5.41, 5.74) is 1.09. The number of anilines is 1. The standard InChI is InChI=1S/C29H26F5N5O3.C2H6.H2O/c1-15-14-40-11-9-20(15)39-21-7-6-16(29(32,33)34)12-19(21)35-28(39)41-17-8-10-38(13-17)27-24-23(36-26(37-27)25(30)31)18-4-2-3-5-22(18)42-24;1-2;/h2-7,12,15,17,20,25H,8-11,13-14H2,1H3;1-2H3;1H2/t15?,17-,20+;;/m0../s1. The zero-order valence-corrected chi connectivity index (χ0v) is 24.9. The van der Waals surface area contributed by atoms with Gasteiger partial charge < -0.3 is 24.3 Å². The van der Waals surface area contributed by atoms with Crippen LogP contribution in [0.5, 0.6) is 6.01 Å². The smallest absolute Gasteiger partial charge is 0.416 e. The fourth-order valence-corrected chi connectivity index (χ4v) is 5.98. The summed E-state index contributed by atoms with van der Waals surface area (Å²) >= 11 is 0. The van der Waals surface area contributed by atoms with E-state index in [1.54, 1.807) is 24.3 Å². The van der Waals surface area contributed by atoms with Crippen molar-refractivity contribution in [2.24, 2.45) is 5.92 Å². The molecule has 2 aliphatic rings. The molecule has 0 spiro atoms. The van der Waals surface area contributed by atoms with Crippen molar-refractivity contribution in [3.63, 3.8) is 0 Å².